The molecule has 1 aliphatic rings. The average Bonchev–Trinajstić information content (AvgIpc) is 2.26. The molecule has 0 aliphatic carbocycles. The van der Waals surface area contributed by atoms with E-state index >= 15 is 0 Å². The van der Waals surface area contributed by atoms with Gasteiger partial charge in [0, 0.05) is 43.2 Å². The van der Waals surface area contributed by atoms with E-state index in [0.717, 1.165) is 5.56 Å². The SMILES string of the molecule is Nc1ccc(Cl)c(CN2CCC(F)(F)CC2)c1. The van der Waals surface area contributed by atoms with Crippen molar-refractivity contribution in [2.75, 3.05) is 18.8 Å². The number of nitrogens with two attached hydrogens (primary N) is 1. The first-order valence-electron chi connectivity index (χ1n) is 5.60. The van der Waals surface area contributed by atoms with E-state index in [9.17, 15) is 8.78 Å². The standard InChI is InChI=1S/C12H15ClF2N2/c13-11-2-1-10(16)7-9(11)8-17-5-3-12(14,15)4-6-17/h1-2,7H,3-6,8,16H2. The van der Waals surface area contributed by atoms with Gasteiger partial charge in [0.1, 0.15) is 0 Å². The van der Waals surface area contributed by atoms with Crippen molar-refractivity contribution < 1.29 is 8.78 Å². The van der Waals surface area contributed by atoms with Crippen molar-refractivity contribution >= 4 is 17.3 Å². The van der Waals surface area contributed by atoms with E-state index < -0.39 is 5.92 Å². The molecule has 0 unspecified atom stereocenters. The van der Waals surface area contributed by atoms with Gasteiger partial charge < -0.3 is 5.73 Å². The summed E-state index contributed by atoms with van der Waals surface area (Å²) in [6, 6.07) is 5.27. The van der Waals surface area contributed by atoms with Crippen molar-refractivity contribution in [3.63, 3.8) is 0 Å². The van der Waals surface area contributed by atoms with Crippen LogP contribution in [0.4, 0.5) is 14.5 Å². The van der Waals surface area contributed by atoms with Gasteiger partial charge in [0.05, 0.1) is 0 Å². The third kappa shape index (κ3) is 3.30. The molecule has 1 saturated heterocycles. The van der Waals surface area contributed by atoms with Crippen molar-refractivity contribution in [2.24, 2.45) is 0 Å². The summed E-state index contributed by atoms with van der Waals surface area (Å²) in [4.78, 5) is 1.98. The minimum absolute atomic E-state index is 0.0765. The van der Waals surface area contributed by atoms with Crippen LogP contribution in [0.1, 0.15) is 18.4 Å². The van der Waals surface area contributed by atoms with Crippen LogP contribution in [0.2, 0.25) is 5.02 Å². The molecule has 0 radical (unpaired) electrons. The maximum atomic E-state index is 13.0. The van der Waals surface area contributed by atoms with Crippen molar-refractivity contribution in [1.29, 1.82) is 0 Å². The molecule has 5 heteroatoms. The number of likely N-dealkylation sites (tertiary alicyclic amines) is 1. The first-order chi connectivity index (χ1) is 7.96. The van der Waals surface area contributed by atoms with Crippen LogP contribution in [0, 0.1) is 0 Å². The number of nitrogen functional groups attached to an aromatic ring is 1. The maximum absolute atomic E-state index is 13.0. The molecule has 1 aromatic carbocycles. The Kier molecular flexibility index (Phi) is 3.54. The van der Waals surface area contributed by atoms with Gasteiger partial charge in [-0.1, -0.05) is 11.6 Å². The molecule has 1 aliphatic heterocycles. The van der Waals surface area contributed by atoms with E-state index in [1.807, 2.05) is 4.90 Å². The Bertz CT molecular complexity index is 399. The third-order valence-corrected chi connectivity index (χ3v) is 3.42. The second-order valence-electron chi connectivity index (χ2n) is 4.48. The minimum Gasteiger partial charge on any atom is -0.399 e. The molecule has 2 rings (SSSR count). The van der Waals surface area contributed by atoms with Crippen LogP contribution in [-0.2, 0) is 6.54 Å². The topological polar surface area (TPSA) is 29.3 Å². The van der Waals surface area contributed by atoms with Crippen LogP contribution in [0.5, 0.6) is 0 Å². The van der Waals surface area contributed by atoms with Crippen LogP contribution < -0.4 is 5.73 Å². The lowest BCUT2D eigenvalue weighted by Gasteiger charge is -2.31. The van der Waals surface area contributed by atoms with Crippen molar-refractivity contribution in [3.05, 3.63) is 28.8 Å². The van der Waals surface area contributed by atoms with Gasteiger partial charge in [-0.25, -0.2) is 8.78 Å². The first kappa shape index (κ1) is 12.6. The Balaban J connectivity index is 2.00. The monoisotopic (exact) mass is 260 g/mol. The van der Waals surface area contributed by atoms with Crippen molar-refractivity contribution in [3.8, 4) is 0 Å². The van der Waals surface area contributed by atoms with Crippen LogP contribution in [0.3, 0.4) is 0 Å². The summed E-state index contributed by atoms with van der Waals surface area (Å²) in [5.41, 5.74) is 7.22. The van der Waals surface area contributed by atoms with Gasteiger partial charge in [-0.15, -0.1) is 0 Å². The highest BCUT2D eigenvalue weighted by Gasteiger charge is 2.33. The van der Waals surface area contributed by atoms with Crippen molar-refractivity contribution in [2.45, 2.75) is 25.3 Å². The summed E-state index contributed by atoms with van der Waals surface area (Å²) in [6.45, 7) is 1.39. The van der Waals surface area contributed by atoms with E-state index in [1.54, 1.807) is 18.2 Å². The predicted octanol–water partition coefficient (Wildman–Crippen LogP) is 3.15. The maximum Gasteiger partial charge on any atom is 0.250 e. The van der Waals surface area contributed by atoms with Crippen molar-refractivity contribution in [1.82, 2.24) is 4.90 Å². The number of rotatable bonds is 2. The second kappa shape index (κ2) is 4.78. The average molecular weight is 261 g/mol. The van der Waals surface area contributed by atoms with E-state index in [4.69, 9.17) is 17.3 Å². The lowest BCUT2D eigenvalue weighted by Crippen LogP contribution is -2.38. The van der Waals surface area contributed by atoms with Gasteiger partial charge in [0.25, 0.3) is 5.92 Å². The number of benzene rings is 1. The molecule has 0 bridgehead atoms. The third-order valence-electron chi connectivity index (χ3n) is 3.05. The molecule has 0 saturated carbocycles. The molecule has 0 amide bonds. The number of piperidine rings is 1. The zero-order valence-electron chi connectivity index (χ0n) is 9.43. The van der Waals surface area contributed by atoms with Crippen LogP contribution in [0.25, 0.3) is 0 Å². The highest BCUT2D eigenvalue weighted by Crippen LogP contribution is 2.29. The molecule has 1 aromatic rings. The van der Waals surface area contributed by atoms with E-state index in [0.29, 0.717) is 30.3 Å². The number of hydrogen-bond acceptors (Lipinski definition) is 2. The van der Waals surface area contributed by atoms with Gasteiger partial charge in [0.2, 0.25) is 0 Å². The molecule has 1 heterocycles. The lowest BCUT2D eigenvalue weighted by molar-refractivity contribution is -0.0566. The smallest absolute Gasteiger partial charge is 0.250 e. The highest BCUT2D eigenvalue weighted by atomic mass is 35.5. The Morgan fingerprint density at radius 1 is 1.29 bits per heavy atom. The number of alkyl halides is 2. The predicted molar refractivity (Wildman–Crippen MR) is 65.3 cm³/mol. The van der Waals surface area contributed by atoms with Gasteiger partial charge in [-0.3, -0.25) is 4.90 Å². The zero-order valence-corrected chi connectivity index (χ0v) is 10.2. The Morgan fingerprint density at radius 3 is 2.59 bits per heavy atom. The Morgan fingerprint density at radius 2 is 1.94 bits per heavy atom. The Hall–Kier alpha value is -0.870. The fourth-order valence-electron chi connectivity index (χ4n) is 2.00. The fraction of sp³-hybridized carbons (Fsp3) is 0.500. The quantitative estimate of drug-likeness (QED) is 0.828. The summed E-state index contributed by atoms with van der Waals surface area (Å²) < 4.78 is 26.0. The summed E-state index contributed by atoms with van der Waals surface area (Å²) in [5.74, 6) is -2.50. The van der Waals surface area contributed by atoms with Gasteiger partial charge in [-0.2, -0.15) is 0 Å². The number of nitrogens with zero attached hydrogens (tertiary/aromatic N) is 1. The summed E-state index contributed by atoms with van der Waals surface area (Å²) >= 11 is 6.04. The van der Waals surface area contributed by atoms with E-state index in [1.165, 1.54) is 0 Å². The second-order valence-corrected chi connectivity index (χ2v) is 4.89. The summed E-state index contributed by atoms with van der Waals surface area (Å²) in [5, 5.41) is 0.636. The number of anilines is 1. The first-order valence-corrected chi connectivity index (χ1v) is 5.98. The van der Waals surface area contributed by atoms with Crippen LogP contribution >= 0.6 is 11.6 Å². The highest BCUT2D eigenvalue weighted by molar-refractivity contribution is 6.31. The molecule has 94 valence electrons. The molecular formula is C12H15ClF2N2. The molecule has 2 N–H and O–H groups in total. The normalized spacial score (nSPS) is 20.4. The van der Waals surface area contributed by atoms with E-state index in [-0.39, 0.29) is 12.8 Å². The van der Waals surface area contributed by atoms with E-state index in [2.05, 4.69) is 0 Å². The molecule has 0 atom stereocenters. The van der Waals surface area contributed by atoms with Gasteiger partial charge in [0.15, 0.2) is 0 Å². The van der Waals surface area contributed by atoms with Gasteiger partial charge >= 0.3 is 0 Å². The number of hydrogen-bond donors (Lipinski definition) is 1. The molecule has 2 nitrogen and oxygen atoms in total. The Labute approximate surface area is 104 Å². The molecule has 17 heavy (non-hydrogen) atoms. The zero-order chi connectivity index (χ0) is 12.5. The number of halogens is 3. The largest absolute Gasteiger partial charge is 0.399 e. The fourth-order valence-corrected chi connectivity index (χ4v) is 2.17. The lowest BCUT2D eigenvalue weighted by atomic mass is 10.1. The van der Waals surface area contributed by atoms with Crippen LogP contribution in [0.15, 0.2) is 18.2 Å². The van der Waals surface area contributed by atoms with Crippen LogP contribution in [-0.4, -0.2) is 23.9 Å². The molecule has 1 fully saturated rings. The molecule has 0 spiro atoms. The summed E-state index contributed by atoms with van der Waals surface area (Å²) in [7, 11) is 0. The summed E-state index contributed by atoms with van der Waals surface area (Å²) in [6.07, 6.45) is -0.153. The van der Waals surface area contributed by atoms with Gasteiger partial charge in [-0.05, 0) is 23.8 Å². The molecular weight excluding hydrogens is 246 g/mol. The minimum atomic E-state index is -2.50. The molecule has 0 aromatic heterocycles.